The molecule has 3 atom stereocenters. The normalized spacial score (nSPS) is 46.7. The summed E-state index contributed by atoms with van der Waals surface area (Å²) in [4.78, 5) is 0. The zero-order valence-electron chi connectivity index (χ0n) is 13.1. The molecule has 3 saturated carbocycles. The van der Waals surface area contributed by atoms with Crippen molar-refractivity contribution in [1.29, 1.82) is 0 Å². The van der Waals surface area contributed by atoms with Gasteiger partial charge < -0.3 is 0 Å². The Morgan fingerprint density at radius 1 is 1.00 bits per heavy atom. The summed E-state index contributed by atoms with van der Waals surface area (Å²) in [5.74, 6) is 4.21. The first-order valence-electron chi connectivity index (χ1n) is 8.50. The maximum Gasteiger partial charge on any atom is 0.00907 e. The lowest BCUT2D eigenvalue weighted by Crippen LogP contribution is -2.41. The average Bonchev–Trinajstić information content (AvgIpc) is 3.00. The molecule has 0 aliphatic heterocycles. The molecule has 0 N–H and O–H groups in total. The van der Waals surface area contributed by atoms with E-state index in [4.69, 9.17) is 0 Å². The summed E-state index contributed by atoms with van der Waals surface area (Å²) < 4.78 is 0. The number of halogens is 1. The fourth-order valence-corrected chi connectivity index (χ4v) is 6.63. The molecule has 110 valence electrons. The van der Waals surface area contributed by atoms with Gasteiger partial charge in [0, 0.05) is 5.33 Å². The predicted octanol–water partition coefficient (Wildman–Crippen LogP) is 6.04. The van der Waals surface area contributed by atoms with E-state index in [9.17, 15) is 0 Å². The molecule has 3 aliphatic carbocycles. The summed E-state index contributed by atoms with van der Waals surface area (Å²) in [6, 6.07) is 0. The molecule has 0 heterocycles. The maximum absolute atomic E-state index is 3.92. The predicted molar refractivity (Wildman–Crippen MR) is 86.6 cm³/mol. The van der Waals surface area contributed by atoms with Crippen LogP contribution >= 0.6 is 15.9 Å². The molecule has 0 aromatic rings. The summed E-state index contributed by atoms with van der Waals surface area (Å²) in [5.41, 5.74) is 1.19. The molecule has 0 aromatic carbocycles. The Kier molecular flexibility index (Phi) is 3.82. The zero-order chi connectivity index (χ0) is 13.7. The van der Waals surface area contributed by atoms with Gasteiger partial charge in [-0.05, 0) is 79.4 Å². The average molecular weight is 327 g/mol. The third-order valence-corrected chi connectivity index (χ3v) is 8.11. The Hall–Kier alpha value is 0.480. The monoisotopic (exact) mass is 326 g/mol. The van der Waals surface area contributed by atoms with Gasteiger partial charge in [0.2, 0.25) is 0 Å². The van der Waals surface area contributed by atoms with Gasteiger partial charge in [0.05, 0.1) is 0 Å². The van der Waals surface area contributed by atoms with Crippen LogP contribution in [0.1, 0.15) is 72.1 Å². The first-order chi connectivity index (χ1) is 8.94. The second-order valence-corrected chi connectivity index (χ2v) is 9.48. The lowest BCUT2D eigenvalue weighted by Gasteiger charge is -2.49. The molecule has 1 heteroatoms. The van der Waals surface area contributed by atoms with E-state index in [2.05, 4.69) is 36.7 Å². The molecule has 19 heavy (non-hydrogen) atoms. The number of fused-ring (bicyclic) bond motifs is 2. The summed E-state index contributed by atoms with van der Waals surface area (Å²) in [6.45, 7) is 7.32. The van der Waals surface area contributed by atoms with Crippen molar-refractivity contribution >= 4 is 15.9 Å². The van der Waals surface area contributed by atoms with Gasteiger partial charge in [-0.1, -0.05) is 43.1 Å². The highest BCUT2D eigenvalue weighted by molar-refractivity contribution is 9.09. The molecule has 0 saturated heterocycles. The van der Waals surface area contributed by atoms with Gasteiger partial charge in [0.1, 0.15) is 0 Å². The third-order valence-electron chi connectivity index (χ3n) is 7.00. The highest BCUT2D eigenvalue weighted by atomic mass is 79.9. The topological polar surface area (TPSA) is 0 Å². The van der Waals surface area contributed by atoms with E-state index in [1.807, 2.05) is 0 Å². The van der Waals surface area contributed by atoms with Crippen LogP contribution in [0, 0.1) is 34.5 Å². The SMILES string of the molecule is CC(C)(C)C1CCC(CBr)(C2CC3CCC2C3)CC1. The van der Waals surface area contributed by atoms with Crippen LogP contribution < -0.4 is 0 Å². The van der Waals surface area contributed by atoms with E-state index in [1.165, 1.54) is 31.0 Å². The van der Waals surface area contributed by atoms with Crippen molar-refractivity contribution in [2.45, 2.75) is 72.1 Å². The van der Waals surface area contributed by atoms with Gasteiger partial charge in [-0.25, -0.2) is 0 Å². The first kappa shape index (κ1) is 14.4. The maximum atomic E-state index is 3.92. The summed E-state index contributed by atoms with van der Waals surface area (Å²) in [7, 11) is 0. The second-order valence-electron chi connectivity index (χ2n) is 8.92. The van der Waals surface area contributed by atoms with E-state index < -0.39 is 0 Å². The molecule has 3 rings (SSSR count). The Morgan fingerprint density at radius 2 is 1.68 bits per heavy atom. The lowest BCUT2D eigenvalue weighted by molar-refractivity contribution is 0.0340. The molecule has 0 spiro atoms. The largest absolute Gasteiger partial charge is 0.0922 e. The molecule has 3 fully saturated rings. The van der Waals surface area contributed by atoms with E-state index in [0.717, 1.165) is 23.7 Å². The fourth-order valence-electron chi connectivity index (χ4n) is 5.66. The Balaban J connectivity index is 1.69. The minimum absolute atomic E-state index is 0.521. The lowest BCUT2D eigenvalue weighted by atomic mass is 9.58. The van der Waals surface area contributed by atoms with Gasteiger partial charge >= 0.3 is 0 Å². The minimum atomic E-state index is 0.521. The fraction of sp³-hybridized carbons (Fsp3) is 1.00. The number of rotatable bonds is 2. The van der Waals surface area contributed by atoms with Crippen molar-refractivity contribution in [1.82, 2.24) is 0 Å². The summed E-state index contributed by atoms with van der Waals surface area (Å²) in [6.07, 6.45) is 12.2. The van der Waals surface area contributed by atoms with Crippen molar-refractivity contribution in [3.8, 4) is 0 Å². The zero-order valence-corrected chi connectivity index (χ0v) is 14.6. The molecular weight excluding hydrogens is 296 g/mol. The molecule has 0 aromatic heterocycles. The minimum Gasteiger partial charge on any atom is -0.0922 e. The standard InChI is InChI=1S/C18H31Br/c1-17(2,3)15-6-8-18(12-19,9-7-15)16-11-13-4-5-14(16)10-13/h13-16H,4-12H2,1-3H3. The molecular formula is C18H31Br. The molecule has 0 radical (unpaired) electrons. The molecule has 0 nitrogen and oxygen atoms in total. The van der Waals surface area contributed by atoms with Crippen molar-refractivity contribution in [3.05, 3.63) is 0 Å². The molecule has 0 amide bonds. The van der Waals surface area contributed by atoms with Crippen LogP contribution in [0.2, 0.25) is 0 Å². The van der Waals surface area contributed by atoms with Gasteiger partial charge in [-0.2, -0.15) is 0 Å². The van der Waals surface area contributed by atoms with E-state index in [0.29, 0.717) is 10.8 Å². The molecule has 3 aliphatic rings. The van der Waals surface area contributed by atoms with Crippen LogP contribution in [0.3, 0.4) is 0 Å². The molecule has 3 unspecified atom stereocenters. The highest BCUT2D eigenvalue weighted by Gasteiger charge is 2.51. The van der Waals surface area contributed by atoms with Crippen molar-refractivity contribution in [2.24, 2.45) is 34.5 Å². The number of alkyl halides is 1. The van der Waals surface area contributed by atoms with E-state index in [-0.39, 0.29) is 0 Å². The summed E-state index contributed by atoms with van der Waals surface area (Å²) >= 11 is 3.92. The first-order valence-corrected chi connectivity index (χ1v) is 9.63. The van der Waals surface area contributed by atoms with Gasteiger partial charge in [0.25, 0.3) is 0 Å². The van der Waals surface area contributed by atoms with Crippen molar-refractivity contribution in [2.75, 3.05) is 5.33 Å². The van der Waals surface area contributed by atoms with Gasteiger partial charge in [-0.3, -0.25) is 0 Å². The Labute approximate surface area is 128 Å². The Bertz CT molecular complexity index is 319. The second kappa shape index (κ2) is 5.04. The van der Waals surface area contributed by atoms with Crippen LogP contribution in [0.5, 0.6) is 0 Å². The smallest absolute Gasteiger partial charge is 0.00907 e. The van der Waals surface area contributed by atoms with Crippen molar-refractivity contribution < 1.29 is 0 Å². The van der Waals surface area contributed by atoms with Gasteiger partial charge in [-0.15, -0.1) is 0 Å². The van der Waals surface area contributed by atoms with Crippen LogP contribution in [-0.2, 0) is 0 Å². The van der Waals surface area contributed by atoms with Crippen LogP contribution in [-0.4, -0.2) is 5.33 Å². The third kappa shape index (κ3) is 2.54. The Morgan fingerprint density at radius 3 is 2.11 bits per heavy atom. The number of hydrogen-bond donors (Lipinski definition) is 0. The van der Waals surface area contributed by atoms with E-state index >= 15 is 0 Å². The van der Waals surface area contributed by atoms with Gasteiger partial charge in [0.15, 0.2) is 0 Å². The van der Waals surface area contributed by atoms with Crippen LogP contribution in [0.25, 0.3) is 0 Å². The highest BCUT2D eigenvalue weighted by Crippen LogP contribution is 2.60. The number of hydrogen-bond acceptors (Lipinski definition) is 0. The van der Waals surface area contributed by atoms with Crippen molar-refractivity contribution in [3.63, 3.8) is 0 Å². The summed E-state index contributed by atoms with van der Waals surface area (Å²) in [5, 5.41) is 1.27. The van der Waals surface area contributed by atoms with Crippen LogP contribution in [0.15, 0.2) is 0 Å². The van der Waals surface area contributed by atoms with E-state index in [1.54, 1.807) is 25.7 Å². The van der Waals surface area contributed by atoms with Crippen LogP contribution in [0.4, 0.5) is 0 Å². The quantitative estimate of drug-likeness (QED) is 0.542. The molecule has 2 bridgehead atoms.